The lowest BCUT2D eigenvalue weighted by Crippen LogP contribution is -2.44. The summed E-state index contributed by atoms with van der Waals surface area (Å²) < 4.78 is 39.0. The van der Waals surface area contributed by atoms with E-state index in [9.17, 15) is 31.8 Å². The second kappa shape index (κ2) is 6.81. The second-order valence-electron chi connectivity index (χ2n) is 6.47. The molecule has 0 aromatic heterocycles. The Hall–Kier alpha value is -1.71. The fraction of sp³-hybridized carbons (Fsp3) is 0.769. The lowest BCUT2D eigenvalue weighted by molar-refractivity contribution is -0.161. The van der Waals surface area contributed by atoms with E-state index >= 15 is 0 Å². The first-order chi connectivity index (χ1) is 10.3. The van der Waals surface area contributed by atoms with Gasteiger partial charge in [-0.1, -0.05) is 0 Å². The number of halogens is 1. The molecule has 10 heteroatoms. The maximum atomic E-state index is 12.7. The van der Waals surface area contributed by atoms with Gasteiger partial charge in [0.15, 0.2) is 0 Å². The first-order valence-electron chi connectivity index (χ1n) is 6.95. The van der Waals surface area contributed by atoms with Gasteiger partial charge in [0.25, 0.3) is 0 Å². The first kappa shape index (κ1) is 19.3. The molecule has 1 unspecified atom stereocenters. The van der Waals surface area contributed by atoms with E-state index in [0.717, 1.165) is 4.90 Å². The van der Waals surface area contributed by atoms with E-state index in [4.69, 9.17) is 4.74 Å². The highest BCUT2D eigenvalue weighted by Crippen LogP contribution is 2.24. The van der Waals surface area contributed by atoms with Crippen molar-refractivity contribution in [3.8, 4) is 0 Å². The summed E-state index contributed by atoms with van der Waals surface area (Å²) in [5, 5.41) is 9.22. The van der Waals surface area contributed by atoms with Crippen LogP contribution in [-0.4, -0.2) is 60.2 Å². The zero-order valence-corrected chi connectivity index (χ0v) is 13.9. The van der Waals surface area contributed by atoms with Gasteiger partial charge in [-0.25, -0.2) is 4.79 Å². The van der Waals surface area contributed by atoms with Gasteiger partial charge in [0.1, 0.15) is 11.6 Å². The predicted molar refractivity (Wildman–Crippen MR) is 76.6 cm³/mol. The van der Waals surface area contributed by atoms with Crippen molar-refractivity contribution in [1.29, 1.82) is 0 Å². The van der Waals surface area contributed by atoms with Crippen LogP contribution >= 0.6 is 0 Å². The molecule has 1 aliphatic heterocycles. The van der Waals surface area contributed by atoms with E-state index in [0.29, 0.717) is 0 Å². The number of carboxylic acid groups (broad SMARTS) is 1. The van der Waals surface area contributed by atoms with Gasteiger partial charge >= 0.3 is 22.2 Å². The number of aliphatic carboxylic acids is 1. The summed E-state index contributed by atoms with van der Waals surface area (Å²) in [4.78, 5) is 35.9. The molecule has 0 aromatic rings. The monoisotopic (exact) mass is 353 g/mol. The zero-order chi connectivity index (χ0) is 18.0. The fourth-order valence-electron chi connectivity index (χ4n) is 2.37. The SMILES string of the molecule is CC(C)(C)OC(=O)C[C@@H](C(=O)O)N1CC(CS(=O)(=O)F)CC1=O. The molecule has 8 nitrogen and oxygen atoms in total. The van der Waals surface area contributed by atoms with Crippen molar-refractivity contribution in [3.63, 3.8) is 0 Å². The number of nitrogens with zero attached hydrogens (tertiary/aromatic N) is 1. The molecule has 0 radical (unpaired) electrons. The molecular formula is C13H20FNO7S. The quantitative estimate of drug-likeness (QED) is 0.539. The maximum Gasteiger partial charge on any atom is 0.327 e. The molecule has 1 amide bonds. The van der Waals surface area contributed by atoms with E-state index in [1.165, 1.54) is 0 Å². The molecule has 0 spiro atoms. The van der Waals surface area contributed by atoms with Crippen molar-refractivity contribution < 1.29 is 36.5 Å². The molecule has 0 aliphatic carbocycles. The molecule has 132 valence electrons. The van der Waals surface area contributed by atoms with Gasteiger partial charge in [0.05, 0.1) is 12.2 Å². The summed E-state index contributed by atoms with van der Waals surface area (Å²) in [6.07, 6.45) is -0.839. The number of hydrogen-bond acceptors (Lipinski definition) is 6. The summed E-state index contributed by atoms with van der Waals surface area (Å²) in [5.74, 6) is -4.52. The van der Waals surface area contributed by atoms with Crippen molar-refractivity contribution >= 4 is 28.1 Å². The van der Waals surface area contributed by atoms with Crippen LogP contribution in [-0.2, 0) is 29.3 Å². The van der Waals surface area contributed by atoms with Crippen LogP contribution in [0, 0.1) is 5.92 Å². The summed E-state index contributed by atoms with van der Waals surface area (Å²) in [6.45, 7) is 4.61. The van der Waals surface area contributed by atoms with Crippen LogP contribution in [0.2, 0.25) is 0 Å². The molecule has 1 heterocycles. The molecule has 0 bridgehead atoms. The van der Waals surface area contributed by atoms with Gasteiger partial charge in [-0.15, -0.1) is 3.89 Å². The summed E-state index contributed by atoms with van der Waals surface area (Å²) in [6, 6.07) is -1.47. The minimum Gasteiger partial charge on any atom is -0.480 e. The number of carbonyl (C=O) groups is 3. The molecule has 2 atom stereocenters. The molecule has 1 fully saturated rings. The molecule has 1 rings (SSSR count). The maximum absolute atomic E-state index is 12.7. The van der Waals surface area contributed by atoms with Gasteiger partial charge < -0.3 is 14.7 Å². The topological polar surface area (TPSA) is 118 Å². The van der Waals surface area contributed by atoms with Crippen molar-refractivity contribution in [2.75, 3.05) is 12.3 Å². The highest BCUT2D eigenvalue weighted by atomic mass is 32.3. The van der Waals surface area contributed by atoms with Gasteiger partial charge in [-0.2, -0.15) is 8.42 Å². The van der Waals surface area contributed by atoms with E-state index in [2.05, 4.69) is 0 Å². The van der Waals surface area contributed by atoms with E-state index in [1.807, 2.05) is 0 Å². The average Bonchev–Trinajstić information content (AvgIpc) is 2.61. The van der Waals surface area contributed by atoms with Gasteiger partial charge in [-0.05, 0) is 20.8 Å². The Labute approximate surface area is 133 Å². The van der Waals surface area contributed by atoms with Gasteiger partial charge in [-0.3, -0.25) is 9.59 Å². The largest absolute Gasteiger partial charge is 0.480 e. The summed E-state index contributed by atoms with van der Waals surface area (Å²) in [7, 11) is -4.77. The molecule has 23 heavy (non-hydrogen) atoms. The van der Waals surface area contributed by atoms with Gasteiger partial charge in [0, 0.05) is 18.9 Å². The molecule has 1 saturated heterocycles. The highest BCUT2D eigenvalue weighted by molar-refractivity contribution is 7.86. The molecule has 1 N–H and O–H groups in total. The van der Waals surface area contributed by atoms with E-state index in [-0.39, 0.29) is 13.0 Å². The third-order valence-corrected chi connectivity index (χ3v) is 3.98. The second-order valence-corrected chi connectivity index (χ2v) is 7.88. The third kappa shape index (κ3) is 6.51. The Kier molecular flexibility index (Phi) is 5.73. The van der Waals surface area contributed by atoms with Crippen molar-refractivity contribution in [2.45, 2.75) is 45.3 Å². The van der Waals surface area contributed by atoms with Crippen molar-refractivity contribution in [3.05, 3.63) is 0 Å². The van der Waals surface area contributed by atoms with Crippen LogP contribution in [0.4, 0.5) is 3.89 Å². The van der Waals surface area contributed by atoms with Crippen LogP contribution in [0.3, 0.4) is 0 Å². The lowest BCUT2D eigenvalue weighted by atomic mass is 10.1. The fourth-order valence-corrected chi connectivity index (χ4v) is 3.16. The van der Waals surface area contributed by atoms with Crippen LogP contribution in [0.15, 0.2) is 0 Å². The number of carbonyl (C=O) groups excluding carboxylic acids is 2. The molecule has 1 aliphatic rings. The standard InChI is InChI=1S/C13H20FNO7S/c1-13(2,3)22-11(17)5-9(12(18)19)15-6-8(4-10(15)16)7-23(14,20)21/h8-9H,4-7H2,1-3H3,(H,18,19)/t8?,9-/m0/s1. The number of amides is 1. The van der Waals surface area contributed by atoms with Crippen LogP contribution in [0.5, 0.6) is 0 Å². The summed E-state index contributed by atoms with van der Waals surface area (Å²) in [5.41, 5.74) is -0.806. The number of hydrogen-bond donors (Lipinski definition) is 1. The zero-order valence-electron chi connectivity index (χ0n) is 13.1. The Bertz CT molecular complexity index is 596. The van der Waals surface area contributed by atoms with Crippen LogP contribution in [0.25, 0.3) is 0 Å². The Morgan fingerprint density at radius 3 is 2.43 bits per heavy atom. The van der Waals surface area contributed by atoms with Crippen molar-refractivity contribution in [1.82, 2.24) is 4.90 Å². The molecule has 0 saturated carbocycles. The first-order valence-corrected chi connectivity index (χ1v) is 8.50. The summed E-state index contributed by atoms with van der Waals surface area (Å²) >= 11 is 0. The number of carboxylic acids is 1. The third-order valence-electron chi connectivity index (χ3n) is 3.11. The van der Waals surface area contributed by atoms with E-state index < -0.39 is 57.8 Å². The number of likely N-dealkylation sites (tertiary alicyclic amines) is 1. The number of rotatable bonds is 6. The van der Waals surface area contributed by atoms with E-state index in [1.54, 1.807) is 20.8 Å². The highest BCUT2D eigenvalue weighted by Gasteiger charge is 2.40. The van der Waals surface area contributed by atoms with Crippen LogP contribution < -0.4 is 0 Å². The smallest absolute Gasteiger partial charge is 0.327 e. The normalized spacial score (nSPS) is 20.4. The minimum atomic E-state index is -4.77. The van der Waals surface area contributed by atoms with Gasteiger partial charge in [0.2, 0.25) is 5.91 Å². The molecular weight excluding hydrogens is 333 g/mol. The Morgan fingerprint density at radius 1 is 1.43 bits per heavy atom. The predicted octanol–water partition coefficient (Wildman–Crippen LogP) is 0.319. The average molecular weight is 353 g/mol. The molecule has 0 aromatic carbocycles. The Balaban J connectivity index is 2.80. The van der Waals surface area contributed by atoms with Crippen LogP contribution in [0.1, 0.15) is 33.6 Å². The van der Waals surface area contributed by atoms with Crippen molar-refractivity contribution in [2.24, 2.45) is 5.92 Å². The minimum absolute atomic E-state index is 0.234. The number of esters is 1. The lowest BCUT2D eigenvalue weighted by Gasteiger charge is -2.26. The number of ether oxygens (including phenoxy) is 1. The Morgan fingerprint density at radius 2 is 2.00 bits per heavy atom.